The Morgan fingerprint density at radius 3 is 2.53 bits per heavy atom. The first-order valence-corrected chi connectivity index (χ1v) is 5.52. The van der Waals surface area contributed by atoms with Gasteiger partial charge < -0.3 is 10.2 Å². The van der Waals surface area contributed by atoms with Gasteiger partial charge in [-0.25, -0.2) is 8.78 Å². The summed E-state index contributed by atoms with van der Waals surface area (Å²) in [6, 6.07) is 2.97. The van der Waals surface area contributed by atoms with Crippen molar-refractivity contribution in [2.45, 2.75) is 12.5 Å². The highest BCUT2D eigenvalue weighted by Crippen LogP contribution is 2.14. The van der Waals surface area contributed by atoms with E-state index in [1.807, 2.05) is 0 Å². The van der Waals surface area contributed by atoms with Crippen LogP contribution in [-0.2, 0) is 0 Å². The Hall–Kier alpha value is -1.49. The van der Waals surface area contributed by atoms with Crippen molar-refractivity contribution in [3.8, 4) is 0 Å². The molecule has 1 amide bonds. The van der Waals surface area contributed by atoms with Gasteiger partial charge in [-0.2, -0.15) is 0 Å². The maximum absolute atomic E-state index is 13.0. The molecule has 3 nitrogen and oxygen atoms in total. The van der Waals surface area contributed by atoms with E-state index in [0.29, 0.717) is 0 Å². The van der Waals surface area contributed by atoms with Crippen molar-refractivity contribution in [1.82, 2.24) is 10.2 Å². The quantitative estimate of drug-likeness (QED) is 0.847. The van der Waals surface area contributed by atoms with Crippen molar-refractivity contribution >= 4 is 5.91 Å². The van der Waals surface area contributed by atoms with Crippen LogP contribution in [-0.4, -0.2) is 37.0 Å². The Morgan fingerprint density at radius 1 is 1.35 bits per heavy atom. The monoisotopic (exact) mass is 240 g/mol. The molecule has 0 spiro atoms. The summed E-state index contributed by atoms with van der Waals surface area (Å²) in [6.07, 6.45) is 0.861. The number of hydrogen-bond acceptors (Lipinski definition) is 2. The summed E-state index contributed by atoms with van der Waals surface area (Å²) < 4.78 is 26.0. The van der Waals surface area contributed by atoms with Gasteiger partial charge in [0.05, 0.1) is 0 Å². The van der Waals surface area contributed by atoms with Crippen molar-refractivity contribution in [2.75, 3.05) is 20.1 Å². The van der Waals surface area contributed by atoms with Crippen LogP contribution in [0.1, 0.15) is 16.8 Å². The smallest absolute Gasteiger partial charge is 0.254 e. The van der Waals surface area contributed by atoms with E-state index in [2.05, 4.69) is 5.32 Å². The standard InChI is InChI=1S/C12H14F2N2O/c1-16(11-2-3-15-7-11)12(17)8-4-9(13)6-10(14)5-8/h4-6,11,15H,2-3,7H2,1H3/t11-/m1/s1. The fourth-order valence-electron chi connectivity index (χ4n) is 2.02. The molecule has 1 heterocycles. The summed E-state index contributed by atoms with van der Waals surface area (Å²) in [6.45, 7) is 1.58. The summed E-state index contributed by atoms with van der Waals surface area (Å²) >= 11 is 0. The highest BCUT2D eigenvalue weighted by atomic mass is 19.1. The molecule has 1 aliphatic heterocycles. The molecular weight excluding hydrogens is 226 g/mol. The van der Waals surface area contributed by atoms with Crippen molar-refractivity contribution in [3.63, 3.8) is 0 Å². The molecule has 92 valence electrons. The lowest BCUT2D eigenvalue weighted by atomic mass is 10.1. The van der Waals surface area contributed by atoms with Gasteiger partial charge in [-0.05, 0) is 25.1 Å². The van der Waals surface area contributed by atoms with E-state index in [4.69, 9.17) is 0 Å². The molecule has 1 atom stereocenters. The third kappa shape index (κ3) is 2.61. The molecule has 2 rings (SSSR count). The molecule has 0 unspecified atom stereocenters. The molecule has 17 heavy (non-hydrogen) atoms. The van der Waals surface area contributed by atoms with E-state index >= 15 is 0 Å². The number of likely N-dealkylation sites (N-methyl/N-ethyl adjacent to an activating group) is 1. The molecule has 0 aromatic heterocycles. The lowest BCUT2D eigenvalue weighted by molar-refractivity contribution is 0.0742. The van der Waals surface area contributed by atoms with Gasteiger partial charge in [0, 0.05) is 31.3 Å². The first-order valence-electron chi connectivity index (χ1n) is 5.52. The van der Waals surface area contributed by atoms with Crippen LogP contribution in [0.15, 0.2) is 18.2 Å². The van der Waals surface area contributed by atoms with E-state index in [9.17, 15) is 13.6 Å². The molecule has 1 saturated heterocycles. The number of carbonyl (C=O) groups excluding carboxylic acids is 1. The normalized spacial score (nSPS) is 19.4. The Bertz CT molecular complexity index is 410. The van der Waals surface area contributed by atoms with Gasteiger partial charge in [0.15, 0.2) is 0 Å². The van der Waals surface area contributed by atoms with Crippen molar-refractivity contribution < 1.29 is 13.6 Å². The number of nitrogens with one attached hydrogen (secondary N) is 1. The van der Waals surface area contributed by atoms with Gasteiger partial charge in [0.25, 0.3) is 5.91 Å². The fraction of sp³-hybridized carbons (Fsp3) is 0.417. The Morgan fingerprint density at radius 2 is 2.00 bits per heavy atom. The summed E-state index contributed by atoms with van der Waals surface area (Å²) in [4.78, 5) is 13.5. The van der Waals surface area contributed by atoms with Crippen molar-refractivity contribution in [2.24, 2.45) is 0 Å². The lowest BCUT2D eigenvalue weighted by Crippen LogP contribution is -2.38. The minimum absolute atomic E-state index is 0.0527. The van der Waals surface area contributed by atoms with Crippen LogP contribution in [0.3, 0.4) is 0 Å². The van der Waals surface area contributed by atoms with Crippen LogP contribution in [0, 0.1) is 11.6 Å². The number of hydrogen-bond donors (Lipinski definition) is 1. The number of carbonyl (C=O) groups is 1. The van der Waals surface area contributed by atoms with E-state index < -0.39 is 11.6 Å². The molecule has 1 aromatic carbocycles. The predicted molar refractivity (Wildman–Crippen MR) is 59.7 cm³/mol. The average molecular weight is 240 g/mol. The number of halogens is 2. The van der Waals surface area contributed by atoms with E-state index in [0.717, 1.165) is 37.7 Å². The first kappa shape index (κ1) is 12.0. The molecule has 1 fully saturated rings. The molecule has 1 aliphatic rings. The molecule has 5 heteroatoms. The number of benzene rings is 1. The van der Waals surface area contributed by atoms with Gasteiger partial charge in [-0.3, -0.25) is 4.79 Å². The van der Waals surface area contributed by atoms with Crippen LogP contribution in [0.5, 0.6) is 0 Å². The first-order chi connectivity index (χ1) is 8.08. The van der Waals surface area contributed by atoms with Crippen LogP contribution in [0.2, 0.25) is 0 Å². The van der Waals surface area contributed by atoms with Crippen LogP contribution in [0.25, 0.3) is 0 Å². The zero-order valence-electron chi connectivity index (χ0n) is 9.54. The van der Waals surface area contributed by atoms with Gasteiger partial charge in [0.1, 0.15) is 11.6 Å². The molecule has 0 bridgehead atoms. The van der Waals surface area contributed by atoms with Crippen LogP contribution >= 0.6 is 0 Å². The zero-order chi connectivity index (χ0) is 12.4. The Labute approximate surface area is 98.4 Å². The van der Waals surface area contributed by atoms with E-state index in [1.54, 1.807) is 7.05 Å². The number of nitrogens with zero attached hydrogens (tertiary/aromatic N) is 1. The van der Waals surface area contributed by atoms with Crippen molar-refractivity contribution in [1.29, 1.82) is 0 Å². The Kier molecular flexibility index (Phi) is 3.38. The van der Waals surface area contributed by atoms with E-state index in [1.165, 1.54) is 4.90 Å². The van der Waals surface area contributed by atoms with Gasteiger partial charge in [-0.1, -0.05) is 0 Å². The zero-order valence-corrected chi connectivity index (χ0v) is 9.54. The molecule has 0 saturated carbocycles. The summed E-state index contributed by atoms with van der Waals surface area (Å²) in [5.74, 6) is -1.81. The number of amides is 1. The topological polar surface area (TPSA) is 32.3 Å². The minimum atomic E-state index is -0.730. The van der Waals surface area contributed by atoms with E-state index in [-0.39, 0.29) is 17.5 Å². The summed E-state index contributed by atoms with van der Waals surface area (Å²) in [7, 11) is 1.66. The SMILES string of the molecule is CN(C(=O)c1cc(F)cc(F)c1)[C@@H]1CCNC1. The fourth-order valence-corrected chi connectivity index (χ4v) is 2.02. The second-order valence-electron chi connectivity index (χ2n) is 4.22. The average Bonchev–Trinajstić information content (AvgIpc) is 2.79. The predicted octanol–water partition coefficient (Wildman–Crippen LogP) is 1.40. The Balaban J connectivity index is 2.17. The summed E-state index contributed by atoms with van der Waals surface area (Å²) in [5.41, 5.74) is 0.0527. The molecule has 0 radical (unpaired) electrons. The molecule has 0 aliphatic carbocycles. The van der Waals surface area contributed by atoms with Crippen LogP contribution < -0.4 is 5.32 Å². The van der Waals surface area contributed by atoms with Crippen molar-refractivity contribution in [3.05, 3.63) is 35.4 Å². The highest BCUT2D eigenvalue weighted by molar-refractivity contribution is 5.94. The second kappa shape index (κ2) is 4.79. The summed E-state index contributed by atoms with van der Waals surface area (Å²) in [5, 5.41) is 3.14. The maximum atomic E-state index is 13.0. The molecular formula is C12H14F2N2O. The third-order valence-electron chi connectivity index (χ3n) is 3.01. The molecule has 1 aromatic rings. The second-order valence-corrected chi connectivity index (χ2v) is 4.22. The lowest BCUT2D eigenvalue weighted by Gasteiger charge is -2.23. The maximum Gasteiger partial charge on any atom is 0.254 e. The van der Waals surface area contributed by atoms with Gasteiger partial charge >= 0.3 is 0 Å². The largest absolute Gasteiger partial charge is 0.337 e. The molecule has 1 N–H and O–H groups in total. The van der Waals surface area contributed by atoms with Gasteiger partial charge in [-0.15, -0.1) is 0 Å². The highest BCUT2D eigenvalue weighted by Gasteiger charge is 2.24. The van der Waals surface area contributed by atoms with Gasteiger partial charge in [0.2, 0.25) is 0 Å². The third-order valence-corrected chi connectivity index (χ3v) is 3.01. The minimum Gasteiger partial charge on any atom is -0.337 e. The van der Waals surface area contributed by atoms with Crippen LogP contribution in [0.4, 0.5) is 8.78 Å². The number of rotatable bonds is 2.